The molecule has 0 bridgehead atoms. The Kier molecular flexibility index (Phi) is 11.1. The van der Waals surface area contributed by atoms with Gasteiger partial charge in [-0.05, 0) is 55.2 Å². The van der Waals surface area contributed by atoms with E-state index < -0.39 is 0 Å². The molecule has 0 aliphatic carbocycles. The van der Waals surface area contributed by atoms with E-state index in [1.807, 2.05) is 24.3 Å². The van der Waals surface area contributed by atoms with E-state index in [1.54, 1.807) is 4.90 Å². The van der Waals surface area contributed by atoms with Crippen LogP contribution in [-0.2, 0) is 13.0 Å². The number of carbonyl (C=O) groups is 2. The first kappa shape index (κ1) is 26.6. The molecule has 2 rings (SSSR count). The first-order valence-electron chi connectivity index (χ1n) is 12.4. The second-order valence-corrected chi connectivity index (χ2v) is 9.63. The third-order valence-corrected chi connectivity index (χ3v) is 5.65. The molecule has 6 nitrogen and oxygen atoms in total. The third-order valence-electron chi connectivity index (χ3n) is 5.65. The minimum Gasteiger partial charge on any atom is -0.446 e. The lowest BCUT2D eigenvalue weighted by molar-refractivity contribution is 0.0720. The van der Waals surface area contributed by atoms with Gasteiger partial charge in [0.25, 0.3) is 11.8 Å². The summed E-state index contributed by atoms with van der Waals surface area (Å²) in [6.45, 7) is 12.1. The summed E-state index contributed by atoms with van der Waals surface area (Å²) in [5.41, 5.74) is 2.17. The molecule has 0 unspecified atom stereocenters. The fraction of sp³-hybridized carbons (Fsp3) is 0.593. The number of amides is 2. The Balaban J connectivity index is 2.04. The molecule has 0 spiro atoms. The van der Waals surface area contributed by atoms with Crippen LogP contribution in [0.4, 0.5) is 0 Å². The van der Waals surface area contributed by atoms with Crippen LogP contribution in [0.3, 0.4) is 0 Å². The van der Waals surface area contributed by atoms with E-state index in [0.717, 1.165) is 19.3 Å². The van der Waals surface area contributed by atoms with Gasteiger partial charge in [0.05, 0.1) is 6.54 Å². The Labute approximate surface area is 199 Å². The van der Waals surface area contributed by atoms with Crippen molar-refractivity contribution in [2.75, 3.05) is 13.1 Å². The van der Waals surface area contributed by atoms with E-state index >= 15 is 0 Å². The molecule has 2 aromatic rings. The summed E-state index contributed by atoms with van der Waals surface area (Å²) >= 11 is 0. The lowest BCUT2D eigenvalue weighted by atomic mass is 10.0. The molecule has 1 aromatic heterocycles. The molecule has 0 aliphatic rings. The van der Waals surface area contributed by atoms with Gasteiger partial charge in [0.1, 0.15) is 6.26 Å². The number of carbonyl (C=O) groups excluding carboxylic acids is 2. The quantitative estimate of drug-likeness (QED) is 0.361. The molecule has 0 radical (unpaired) electrons. The highest BCUT2D eigenvalue weighted by Gasteiger charge is 2.20. The third kappa shape index (κ3) is 9.40. The molecule has 0 saturated heterocycles. The Bertz CT molecular complexity index is 856. The van der Waals surface area contributed by atoms with Gasteiger partial charge in [-0.3, -0.25) is 9.59 Å². The van der Waals surface area contributed by atoms with Crippen LogP contribution in [0.2, 0.25) is 0 Å². The second kappa shape index (κ2) is 13.8. The fourth-order valence-electron chi connectivity index (χ4n) is 3.46. The number of oxazole rings is 1. The van der Waals surface area contributed by atoms with E-state index in [2.05, 4.69) is 44.9 Å². The minimum absolute atomic E-state index is 0.0445. The van der Waals surface area contributed by atoms with Gasteiger partial charge < -0.3 is 14.6 Å². The highest BCUT2D eigenvalue weighted by atomic mass is 16.3. The van der Waals surface area contributed by atoms with Crippen molar-refractivity contribution in [2.45, 2.75) is 79.7 Å². The van der Waals surface area contributed by atoms with Gasteiger partial charge in [-0.15, -0.1) is 0 Å². The van der Waals surface area contributed by atoms with Gasteiger partial charge in [0.2, 0.25) is 5.89 Å². The van der Waals surface area contributed by atoms with Crippen molar-refractivity contribution in [2.24, 2.45) is 11.8 Å². The molecule has 0 aliphatic heterocycles. The molecule has 0 fully saturated rings. The van der Waals surface area contributed by atoms with Crippen molar-refractivity contribution in [3.63, 3.8) is 0 Å². The maximum atomic E-state index is 13.3. The van der Waals surface area contributed by atoms with E-state index in [1.165, 1.54) is 31.1 Å². The van der Waals surface area contributed by atoms with Crippen molar-refractivity contribution in [1.29, 1.82) is 0 Å². The number of aromatic nitrogens is 1. The fourth-order valence-corrected chi connectivity index (χ4v) is 3.46. The van der Waals surface area contributed by atoms with Crippen molar-refractivity contribution in [1.82, 2.24) is 15.2 Å². The van der Waals surface area contributed by atoms with Crippen LogP contribution in [-0.4, -0.2) is 34.8 Å². The lowest BCUT2D eigenvalue weighted by Gasteiger charge is -2.22. The molecule has 2 amide bonds. The number of hydrogen-bond donors (Lipinski definition) is 1. The Morgan fingerprint density at radius 3 is 2.36 bits per heavy atom. The van der Waals surface area contributed by atoms with Gasteiger partial charge >= 0.3 is 0 Å². The van der Waals surface area contributed by atoms with Crippen molar-refractivity contribution in [3.05, 3.63) is 53.2 Å². The van der Waals surface area contributed by atoms with E-state index in [4.69, 9.17) is 4.42 Å². The first-order chi connectivity index (χ1) is 15.8. The normalized spacial score (nSPS) is 11.2. The summed E-state index contributed by atoms with van der Waals surface area (Å²) < 4.78 is 5.54. The van der Waals surface area contributed by atoms with Gasteiger partial charge in [-0.1, -0.05) is 59.6 Å². The highest BCUT2D eigenvalue weighted by Crippen LogP contribution is 2.15. The summed E-state index contributed by atoms with van der Waals surface area (Å²) in [5, 5.41) is 2.87. The average Bonchev–Trinajstić information content (AvgIpc) is 3.25. The van der Waals surface area contributed by atoms with E-state index in [9.17, 15) is 9.59 Å². The average molecular weight is 456 g/mol. The lowest BCUT2D eigenvalue weighted by Crippen LogP contribution is -2.32. The molecular weight excluding hydrogens is 414 g/mol. The molecule has 0 saturated carbocycles. The molecular formula is C27H41N3O3. The van der Waals surface area contributed by atoms with Gasteiger partial charge in [-0.2, -0.15) is 0 Å². The maximum absolute atomic E-state index is 13.3. The van der Waals surface area contributed by atoms with Crippen LogP contribution in [0, 0.1) is 11.8 Å². The summed E-state index contributed by atoms with van der Waals surface area (Å²) in [6.07, 6.45) is 7.78. The summed E-state index contributed by atoms with van der Waals surface area (Å²) in [7, 11) is 0. The van der Waals surface area contributed by atoms with Crippen LogP contribution in [0.25, 0.3) is 0 Å². The largest absolute Gasteiger partial charge is 0.446 e. The summed E-state index contributed by atoms with van der Waals surface area (Å²) in [4.78, 5) is 31.7. The summed E-state index contributed by atoms with van der Waals surface area (Å²) in [5.74, 6) is 1.07. The minimum atomic E-state index is -0.246. The van der Waals surface area contributed by atoms with Crippen molar-refractivity contribution < 1.29 is 14.0 Å². The van der Waals surface area contributed by atoms with E-state index in [-0.39, 0.29) is 24.1 Å². The Morgan fingerprint density at radius 1 is 1.03 bits per heavy atom. The topological polar surface area (TPSA) is 75.4 Å². The number of benzene rings is 1. The van der Waals surface area contributed by atoms with Crippen LogP contribution in [0.15, 0.2) is 34.9 Å². The smallest absolute Gasteiger partial charge is 0.273 e. The van der Waals surface area contributed by atoms with Crippen LogP contribution >= 0.6 is 0 Å². The zero-order valence-corrected chi connectivity index (χ0v) is 21.0. The number of rotatable bonds is 14. The Morgan fingerprint density at radius 2 is 1.73 bits per heavy atom. The Hall–Kier alpha value is -2.63. The molecule has 33 heavy (non-hydrogen) atoms. The maximum Gasteiger partial charge on any atom is 0.273 e. The van der Waals surface area contributed by atoms with Crippen molar-refractivity contribution in [3.8, 4) is 0 Å². The zero-order valence-electron chi connectivity index (χ0n) is 21.0. The monoisotopic (exact) mass is 455 g/mol. The van der Waals surface area contributed by atoms with Gasteiger partial charge in [0, 0.05) is 18.7 Å². The molecule has 182 valence electrons. The molecule has 1 heterocycles. The van der Waals surface area contributed by atoms with Crippen LogP contribution in [0.1, 0.15) is 99.0 Å². The number of aryl methyl sites for hydroxylation is 1. The van der Waals surface area contributed by atoms with Crippen molar-refractivity contribution >= 4 is 11.8 Å². The number of hydrogen-bond acceptors (Lipinski definition) is 4. The highest BCUT2D eigenvalue weighted by molar-refractivity contribution is 5.94. The van der Waals surface area contributed by atoms with E-state index in [0.29, 0.717) is 36.4 Å². The number of nitrogens with zero attached hydrogens (tertiary/aromatic N) is 2. The molecule has 0 atom stereocenters. The van der Waals surface area contributed by atoms with Gasteiger partial charge in [-0.25, -0.2) is 4.98 Å². The van der Waals surface area contributed by atoms with Gasteiger partial charge in [0.15, 0.2) is 5.69 Å². The molecule has 1 N–H and O–H groups in total. The second-order valence-electron chi connectivity index (χ2n) is 9.63. The molecule has 6 heteroatoms. The predicted molar refractivity (Wildman–Crippen MR) is 132 cm³/mol. The first-order valence-corrected chi connectivity index (χ1v) is 12.4. The predicted octanol–water partition coefficient (Wildman–Crippen LogP) is 5.87. The SMILES string of the molecule is CCCCCc1ccc(C(=O)N(CCC(C)C)Cc2nc(C(=O)NCCC(C)C)co2)cc1. The van der Waals surface area contributed by atoms with Crippen LogP contribution < -0.4 is 5.32 Å². The molecule has 1 aromatic carbocycles. The van der Waals surface area contributed by atoms with Crippen LogP contribution in [0.5, 0.6) is 0 Å². The standard InChI is InChI=1S/C27H41N3O3/c1-6-7-8-9-22-10-12-23(13-11-22)27(32)30(17-15-21(4)5)18-25-29-24(19-33-25)26(31)28-16-14-20(2)3/h10-13,19-21H,6-9,14-18H2,1-5H3,(H,28,31). The summed E-state index contributed by atoms with van der Waals surface area (Å²) in [6, 6.07) is 7.92. The zero-order chi connectivity index (χ0) is 24.2. The number of unbranched alkanes of at least 4 members (excludes halogenated alkanes) is 2. The number of nitrogens with one attached hydrogen (secondary N) is 1.